The molecule has 1 aromatic heterocycles. The fourth-order valence-electron chi connectivity index (χ4n) is 3.21. The van der Waals surface area contributed by atoms with Crippen molar-refractivity contribution in [2.75, 3.05) is 19.0 Å². The molecule has 0 aliphatic heterocycles. The van der Waals surface area contributed by atoms with Gasteiger partial charge in [0.1, 0.15) is 5.75 Å². The number of benzene rings is 2. The fraction of sp³-hybridized carbons (Fsp3) is 0.360. The van der Waals surface area contributed by atoms with Gasteiger partial charge in [0.15, 0.2) is 11.0 Å². The maximum absolute atomic E-state index is 12.2. The molecule has 0 spiro atoms. The zero-order valence-corrected chi connectivity index (χ0v) is 20.9. The third-order valence-electron chi connectivity index (χ3n) is 4.90. The predicted molar refractivity (Wildman–Crippen MR) is 133 cm³/mol. The van der Waals surface area contributed by atoms with Crippen LogP contribution in [-0.4, -0.2) is 45.7 Å². The number of amides is 2. The zero-order chi connectivity index (χ0) is 24.7. The van der Waals surface area contributed by atoms with Crippen LogP contribution in [0.1, 0.15) is 40.2 Å². The molecule has 180 valence electrons. The third kappa shape index (κ3) is 6.38. The average Bonchev–Trinajstić information content (AvgIpc) is 3.22. The van der Waals surface area contributed by atoms with E-state index in [2.05, 4.69) is 48.4 Å². The Morgan fingerprint density at radius 3 is 2.24 bits per heavy atom. The van der Waals surface area contributed by atoms with Crippen molar-refractivity contribution in [3.05, 3.63) is 54.1 Å². The molecule has 0 unspecified atom stereocenters. The Kier molecular flexibility index (Phi) is 8.33. The van der Waals surface area contributed by atoms with E-state index in [-0.39, 0.29) is 17.8 Å². The molecule has 3 aromatic rings. The second-order valence-corrected chi connectivity index (χ2v) is 9.40. The highest BCUT2D eigenvalue weighted by molar-refractivity contribution is 7.99. The van der Waals surface area contributed by atoms with Gasteiger partial charge < -0.3 is 9.47 Å². The van der Waals surface area contributed by atoms with Crippen molar-refractivity contribution in [1.29, 1.82) is 0 Å². The van der Waals surface area contributed by atoms with E-state index in [1.807, 2.05) is 47.9 Å². The van der Waals surface area contributed by atoms with Crippen LogP contribution in [0.4, 0.5) is 4.79 Å². The van der Waals surface area contributed by atoms with E-state index in [1.165, 1.54) is 17.3 Å². The van der Waals surface area contributed by atoms with Crippen molar-refractivity contribution >= 4 is 23.8 Å². The van der Waals surface area contributed by atoms with Gasteiger partial charge in [0.05, 0.1) is 19.0 Å². The Bertz CT molecular complexity index is 1120. The number of nitrogens with one attached hydrogen (secondary N) is 1. The molecule has 1 heterocycles. The van der Waals surface area contributed by atoms with E-state index in [0.29, 0.717) is 17.6 Å². The number of imide groups is 1. The monoisotopic (exact) mass is 482 g/mol. The number of hydrogen-bond donors (Lipinski definition) is 1. The Morgan fingerprint density at radius 2 is 1.65 bits per heavy atom. The molecule has 34 heavy (non-hydrogen) atoms. The van der Waals surface area contributed by atoms with E-state index in [1.54, 1.807) is 6.92 Å². The maximum atomic E-state index is 12.2. The minimum absolute atomic E-state index is 0.0169. The first-order chi connectivity index (χ1) is 16.2. The van der Waals surface area contributed by atoms with E-state index in [0.717, 1.165) is 17.0 Å². The summed E-state index contributed by atoms with van der Waals surface area (Å²) < 4.78 is 12.2. The topological polar surface area (TPSA) is 95.3 Å². The molecule has 0 aliphatic rings. The van der Waals surface area contributed by atoms with Crippen molar-refractivity contribution in [2.45, 2.75) is 45.2 Å². The van der Waals surface area contributed by atoms with Gasteiger partial charge in [-0.1, -0.05) is 56.8 Å². The summed E-state index contributed by atoms with van der Waals surface area (Å²) in [6, 6.07) is 15.8. The van der Waals surface area contributed by atoms with Crippen LogP contribution < -0.4 is 10.1 Å². The number of hydrogen-bond acceptors (Lipinski definition) is 7. The van der Waals surface area contributed by atoms with E-state index >= 15 is 0 Å². The fourth-order valence-corrected chi connectivity index (χ4v) is 3.96. The first-order valence-corrected chi connectivity index (χ1v) is 12.1. The first kappa shape index (κ1) is 25.3. The summed E-state index contributed by atoms with van der Waals surface area (Å²) in [6.45, 7) is 10.9. The van der Waals surface area contributed by atoms with E-state index < -0.39 is 12.0 Å². The molecule has 0 bridgehead atoms. The van der Waals surface area contributed by atoms with Gasteiger partial charge >= 0.3 is 6.09 Å². The molecule has 0 saturated heterocycles. The van der Waals surface area contributed by atoms with Crippen molar-refractivity contribution in [3.8, 4) is 22.8 Å². The lowest BCUT2D eigenvalue weighted by Crippen LogP contribution is -2.32. The molecule has 0 atom stereocenters. The molecule has 0 saturated carbocycles. The lowest BCUT2D eigenvalue weighted by molar-refractivity contribution is -0.117. The van der Waals surface area contributed by atoms with E-state index in [9.17, 15) is 9.59 Å². The van der Waals surface area contributed by atoms with Crippen molar-refractivity contribution < 1.29 is 19.1 Å². The minimum Gasteiger partial charge on any atom is -0.494 e. The van der Waals surface area contributed by atoms with E-state index in [4.69, 9.17) is 9.47 Å². The largest absolute Gasteiger partial charge is 0.494 e. The highest BCUT2D eigenvalue weighted by Gasteiger charge is 2.19. The standard InChI is InChI=1S/C25H30N4O4S/c1-6-32-20-14-12-19(13-15-20)29-22(17-8-10-18(11-9-17)25(3,4)5)27-28-23(29)34-16-21(30)26-24(31)33-7-2/h8-15H,6-7,16H2,1-5H3,(H,26,30,31). The Morgan fingerprint density at radius 1 is 0.971 bits per heavy atom. The summed E-state index contributed by atoms with van der Waals surface area (Å²) in [5, 5.41) is 11.5. The summed E-state index contributed by atoms with van der Waals surface area (Å²) in [4.78, 5) is 23.7. The van der Waals surface area contributed by atoms with Gasteiger partial charge in [0, 0.05) is 11.3 Å². The quantitative estimate of drug-likeness (QED) is 0.452. The highest BCUT2D eigenvalue weighted by atomic mass is 32.2. The molecule has 0 aliphatic carbocycles. The van der Waals surface area contributed by atoms with Gasteiger partial charge in [-0.3, -0.25) is 14.7 Å². The Labute approximate surface area is 204 Å². The van der Waals surface area contributed by atoms with Gasteiger partial charge in [0.25, 0.3) is 0 Å². The molecule has 2 amide bonds. The SMILES string of the molecule is CCOC(=O)NC(=O)CSc1nnc(-c2ccc(C(C)(C)C)cc2)n1-c1ccc(OCC)cc1. The number of ether oxygens (including phenoxy) is 2. The van der Waals surface area contributed by atoms with Gasteiger partial charge in [-0.2, -0.15) is 0 Å². The predicted octanol–water partition coefficient (Wildman–Crippen LogP) is 5.00. The number of rotatable bonds is 8. The maximum Gasteiger partial charge on any atom is 0.413 e. The summed E-state index contributed by atoms with van der Waals surface area (Å²) in [7, 11) is 0. The summed E-state index contributed by atoms with van der Waals surface area (Å²) in [5.74, 6) is 0.925. The number of carbonyl (C=O) groups excluding carboxylic acids is 2. The van der Waals surface area contributed by atoms with Gasteiger partial charge in [-0.15, -0.1) is 10.2 Å². The molecule has 8 nitrogen and oxygen atoms in total. The second kappa shape index (κ2) is 11.2. The van der Waals surface area contributed by atoms with Crippen LogP contribution in [0.15, 0.2) is 53.7 Å². The van der Waals surface area contributed by atoms with Crippen LogP contribution >= 0.6 is 11.8 Å². The molecular formula is C25H30N4O4S. The summed E-state index contributed by atoms with van der Waals surface area (Å²) >= 11 is 1.19. The summed E-state index contributed by atoms with van der Waals surface area (Å²) in [6.07, 6.45) is -0.763. The van der Waals surface area contributed by atoms with Gasteiger partial charge in [0.2, 0.25) is 5.91 Å². The zero-order valence-electron chi connectivity index (χ0n) is 20.1. The molecule has 0 fully saturated rings. The third-order valence-corrected chi connectivity index (χ3v) is 5.83. The molecule has 1 N–H and O–H groups in total. The first-order valence-electron chi connectivity index (χ1n) is 11.1. The molecule has 3 rings (SSSR count). The summed E-state index contributed by atoms with van der Waals surface area (Å²) in [5.41, 5.74) is 2.98. The number of alkyl carbamates (subject to hydrolysis) is 1. The lowest BCUT2D eigenvalue weighted by atomic mass is 9.87. The number of nitrogens with zero attached hydrogens (tertiary/aromatic N) is 3. The van der Waals surface area contributed by atoms with Crippen LogP contribution in [0.5, 0.6) is 5.75 Å². The van der Waals surface area contributed by atoms with Crippen LogP contribution in [0.3, 0.4) is 0 Å². The Balaban J connectivity index is 1.92. The number of aromatic nitrogens is 3. The van der Waals surface area contributed by atoms with Crippen LogP contribution in [-0.2, 0) is 14.9 Å². The van der Waals surface area contributed by atoms with Gasteiger partial charge in [-0.25, -0.2) is 4.79 Å². The van der Waals surface area contributed by atoms with Gasteiger partial charge in [-0.05, 0) is 49.1 Å². The van der Waals surface area contributed by atoms with Crippen LogP contribution in [0, 0.1) is 0 Å². The average molecular weight is 483 g/mol. The molecule has 9 heteroatoms. The van der Waals surface area contributed by atoms with Crippen molar-refractivity contribution in [1.82, 2.24) is 20.1 Å². The smallest absolute Gasteiger partial charge is 0.413 e. The second-order valence-electron chi connectivity index (χ2n) is 8.45. The molecule has 2 aromatic carbocycles. The van der Waals surface area contributed by atoms with Crippen LogP contribution in [0.25, 0.3) is 17.1 Å². The van der Waals surface area contributed by atoms with Crippen LogP contribution in [0.2, 0.25) is 0 Å². The normalized spacial score (nSPS) is 11.2. The number of thioether (sulfide) groups is 1. The Hall–Kier alpha value is -3.33. The minimum atomic E-state index is -0.763. The van der Waals surface area contributed by atoms with Crippen molar-refractivity contribution in [3.63, 3.8) is 0 Å². The van der Waals surface area contributed by atoms with Crippen molar-refractivity contribution in [2.24, 2.45) is 0 Å². The highest BCUT2D eigenvalue weighted by Crippen LogP contribution is 2.30. The lowest BCUT2D eigenvalue weighted by Gasteiger charge is -2.19. The number of carbonyl (C=O) groups is 2. The molecule has 0 radical (unpaired) electrons. The molecular weight excluding hydrogens is 452 g/mol.